The fraction of sp³-hybridized carbons (Fsp3) is 0.280. The molecule has 0 amide bonds. The van der Waals surface area contributed by atoms with Gasteiger partial charge in [-0.2, -0.15) is 0 Å². The van der Waals surface area contributed by atoms with Gasteiger partial charge >= 0.3 is 0 Å². The number of hydrogen-bond acceptors (Lipinski definition) is 4. The normalized spacial score (nSPS) is 10.0. The van der Waals surface area contributed by atoms with Crippen molar-refractivity contribution in [3.63, 3.8) is 0 Å². The van der Waals surface area contributed by atoms with Gasteiger partial charge in [-0.05, 0) is 24.1 Å². The van der Waals surface area contributed by atoms with E-state index in [-0.39, 0.29) is 11.6 Å². The van der Waals surface area contributed by atoms with Gasteiger partial charge in [-0.25, -0.2) is 9.97 Å². The van der Waals surface area contributed by atoms with Crippen LogP contribution in [0.15, 0.2) is 60.8 Å². The van der Waals surface area contributed by atoms with E-state index < -0.39 is 0 Å². The van der Waals surface area contributed by atoms with Crippen LogP contribution >= 0.6 is 0 Å². The molecule has 0 unspecified atom stereocenters. The molecule has 2 N–H and O–H groups in total. The molecule has 5 nitrogen and oxygen atoms in total. The Morgan fingerprint density at radius 3 is 2.17 bits per heavy atom. The van der Waals surface area contributed by atoms with Crippen molar-refractivity contribution in [1.29, 1.82) is 0 Å². The zero-order valence-electron chi connectivity index (χ0n) is 18.4. The maximum absolute atomic E-state index is 10.5. The van der Waals surface area contributed by atoms with Crippen LogP contribution in [0.2, 0.25) is 0 Å². The molecule has 0 radical (unpaired) electrons. The second-order valence-corrected chi connectivity index (χ2v) is 6.21. The molecule has 4 rings (SSSR count). The van der Waals surface area contributed by atoms with Gasteiger partial charge in [0.05, 0.1) is 11.4 Å². The lowest BCUT2D eigenvalue weighted by Gasteiger charge is -2.09. The Balaban J connectivity index is 0.000000757. The zero-order valence-corrected chi connectivity index (χ0v) is 18.4. The van der Waals surface area contributed by atoms with Crippen molar-refractivity contribution in [3.05, 3.63) is 77.7 Å². The molecule has 0 spiro atoms. The number of fused-ring (bicyclic) bond motifs is 1. The Morgan fingerprint density at radius 1 is 0.833 bits per heavy atom. The van der Waals surface area contributed by atoms with Crippen LogP contribution in [0.1, 0.15) is 51.6 Å². The predicted octanol–water partition coefficient (Wildman–Crippen LogP) is 6.01. The zero-order chi connectivity index (χ0) is 22.1. The number of nitrogens with zero attached hydrogens (tertiary/aromatic N) is 3. The Kier molecular flexibility index (Phi) is 8.41. The van der Waals surface area contributed by atoms with E-state index in [9.17, 15) is 10.2 Å². The summed E-state index contributed by atoms with van der Waals surface area (Å²) in [7, 11) is 0. The molecule has 0 aliphatic heterocycles. The second-order valence-electron chi connectivity index (χ2n) is 6.21. The number of aromatic nitrogens is 3. The van der Waals surface area contributed by atoms with Crippen LogP contribution in [0.4, 0.5) is 0 Å². The van der Waals surface area contributed by atoms with Gasteiger partial charge in [0, 0.05) is 18.2 Å². The van der Waals surface area contributed by atoms with Gasteiger partial charge in [0.15, 0.2) is 5.65 Å². The van der Waals surface area contributed by atoms with Crippen molar-refractivity contribution in [3.8, 4) is 22.9 Å². The third kappa shape index (κ3) is 4.98. The molecule has 0 atom stereocenters. The minimum atomic E-state index is 0.139. The van der Waals surface area contributed by atoms with Crippen LogP contribution in [-0.4, -0.2) is 24.6 Å². The quantitative estimate of drug-likeness (QED) is 0.436. The number of imidazole rings is 1. The van der Waals surface area contributed by atoms with Gasteiger partial charge in [0.2, 0.25) is 5.88 Å². The summed E-state index contributed by atoms with van der Waals surface area (Å²) in [5, 5.41) is 20.3. The van der Waals surface area contributed by atoms with Gasteiger partial charge < -0.3 is 10.2 Å². The van der Waals surface area contributed by atoms with Crippen LogP contribution < -0.4 is 0 Å². The molecule has 30 heavy (non-hydrogen) atoms. The third-order valence-electron chi connectivity index (χ3n) is 4.41. The summed E-state index contributed by atoms with van der Waals surface area (Å²) in [4.78, 5) is 9.37. The molecule has 2 aromatic carbocycles. The summed E-state index contributed by atoms with van der Waals surface area (Å²) in [6.45, 7) is 9.96. The van der Waals surface area contributed by atoms with Crippen molar-refractivity contribution in [1.82, 2.24) is 14.4 Å². The van der Waals surface area contributed by atoms with Crippen LogP contribution in [-0.2, 0) is 12.8 Å². The summed E-state index contributed by atoms with van der Waals surface area (Å²) in [6, 6.07) is 17.0. The highest BCUT2D eigenvalue weighted by Crippen LogP contribution is 2.28. The van der Waals surface area contributed by atoms with E-state index in [4.69, 9.17) is 4.98 Å². The highest BCUT2D eigenvalue weighted by Gasteiger charge is 2.16. The maximum atomic E-state index is 10.5. The van der Waals surface area contributed by atoms with Crippen LogP contribution in [0.25, 0.3) is 16.9 Å². The minimum absolute atomic E-state index is 0.139. The summed E-state index contributed by atoms with van der Waals surface area (Å²) in [6.07, 6.45) is 3.01. The Morgan fingerprint density at radius 2 is 1.53 bits per heavy atom. The molecule has 4 aromatic rings. The lowest BCUT2D eigenvalue weighted by molar-refractivity contribution is 0.441. The van der Waals surface area contributed by atoms with Crippen molar-refractivity contribution >= 4 is 5.65 Å². The summed E-state index contributed by atoms with van der Waals surface area (Å²) >= 11 is 0. The van der Waals surface area contributed by atoms with E-state index in [1.54, 1.807) is 28.8 Å². The molecule has 5 heteroatoms. The highest BCUT2D eigenvalue weighted by molar-refractivity contribution is 5.64. The number of phenols is 1. The van der Waals surface area contributed by atoms with E-state index in [2.05, 4.69) is 4.98 Å². The Hall–Kier alpha value is -3.34. The van der Waals surface area contributed by atoms with Crippen LogP contribution in [0, 0.1) is 0 Å². The molecule has 2 heterocycles. The number of rotatable bonds is 4. The second kappa shape index (κ2) is 11.0. The van der Waals surface area contributed by atoms with Crippen LogP contribution in [0.5, 0.6) is 11.6 Å². The molecule has 0 saturated heterocycles. The SMILES string of the molecule is CC.CC.CCc1nc2c(Cc3ccccc3)nc(-c3cccc(O)c3)cn2c1O. The average molecular weight is 406 g/mol. The largest absolute Gasteiger partial charge is 0.508 e. The molecular weight excluding hydrogens is 374 g/mol. The molecule has 158 valence electrons. The first kappa shape index (κ1) is 22.9. The number of aromatic hydroxyl groups is 2. The maximum Gasteiger partial charge on any atom is 0.219 e. The van der Waals surface area contributed by atoms with Crippen molar-refractivity contribution in [2.24, 2.45) is 0 Å². The van der Waals surface area contributed by atoms with Gasteiger partial charge in [-0.1, -0.05) is 77.1 Å². The lowest BCUT2D eigenvalue weighted by Crippen LogP contribution is -2.00. The van der Waals surface area contributed by atoms with E-state index in [0.717, 1.165) is 16.8 Å². The van der Waals surface area contributed by atoms with Gasteiger partial charge in [0.25, 0.3) is 0 Å². The summed E-state index contributed by atoms with van der Waals surface area (Å²) in [5.74, 6) is 0.318. The molecule has 2 aromatic heterocycles. The first-order valence-corrected chi connectivity index (χ1v) is 10.6. The van der Waals surface area contributed by atoms with E-state index in [1.165, 1.54) is 0 Å². The first-order valence-electron chi connectivity index (χ1n) is 10.6. The smallest absolute Gasteiger partial charge is 0.219 e. The predicted molar refractivity (Wildman–Crippen MR) is 123 cm³/mol. The topological polar surface area (TPSA) is 70.7 Å². The molecule has 0 bridgehead atoms. The average Bonchev–Trinajstić information content (AvgIpc) is 3.13. The van der Waals surface area contributed by atoms with Crippen molar-refractivity contribution < 1.29 is 10.2 Å². The van der Waals surface area contributed by atoms with Crippen molar-refractivity contribution in [2.75, 3.05) is 0 Å². The molecular formula is C25H31N3O2. The van der Waals surface area contributed by atoms with E-state index in [1.807, 2.05) is 71.0 Å². The molecule has 0 aliphatic carbocycles. The Labute approximate surface area is 178 Å². The number of benzene rings is 2. The van der Waals surface area contributed by atoms with Gasteiger partial charge in [0.1, 0.15) is 11.4 Å². The van der Waals surface area contributed by atoms with Gasteiger partial charge in [-0.3, -0.25) is 4.40 Å². The first-order chi connectivity index (χ1) is 14.7. The Bertz CT molecular complexity index is 1070. The highest BCUT2D eigenvalue weighted by atomic mass is 16.3. The summed E-state index contributed by atoms with van der Waals surface area (Å²) in [5.41, 5.74) is 4.67. The fourth-order valence-electron chi connectivity index (χ4n) is 3.09. The minimum Gasteiger partial charge on any atom is -0.508 e. The van der Waals surface area contributed by atoms with Gasteiger partial charge in [-0.15, -0.1) is 0 Å². The number of phenolic OH excluding ortho intramolecular Hbond substituents is 1. The van der Waals surface area contributed by atoms with Crippen molar-refractivity contribution in [2.45, 2.75) is 47.5 Å². The standard InChI is InChI=1S/C21H19N3O2.2C2H6/c1-2-17-21(26)24-13-19(15-9-6-10-16(25)12-15)22-18(20(24)23-17)11-14-7-4-3-5-8-14;2*1-2/h3-10,12-13,25-26H,2,11H2,1H3;2*1-2H3. The number of aryl methyl sites for hydroxylation is 1. The third-order valence-corrected chi connectivity index (χ3v) is 4.41. The van der Waals surface area contributed by atoms with E-state index in [0.29, 0.717) is 29.9 Å². The lowest BCUT2D eigenvalue weighted by atomic mass is 10.1. The molecule has 0 aliphatic rings. The monoisotopic (exact) mass is 405 g/mol. The number of hydrogen-bond donors (Lipinski definition) is 2. The van der Waals surface area contributed by atoms with E-state index >= 15 is 0 Å². The molecule has 0 saturated carbocycles. The van der Waals surface area contributed by atoms with Crippen LogP contribution in [0.3, 0.4) is 0 Å². The fourth-order valence-corrected chi connectivity index (χ4v) is 3.09. The molecule has 0 fully saturated rings. The summed E-state index contributed by atoms with van der Waals surface area (Å²) < 4.78 is 1.68.